The number of nitrogen functional groups attached to an aromatic ring is 1. The van der Waals surface area contributed by atoms with Gasteiger partial charge in [-0.2, -0.15) is 18.2 Å². The van der Waals surface area contributed by atoms with E-state index in [1.54, 1.807) is 0 Å². The van der Waals surface area contributed by atoms with Gasteiger partial charge in [-0.25, -0.2) is 9.18 Å². The number of alkyl halides is 4. The van der Waals surface area contributed by atoms with Gasteiger partial charge >= 0.3 is 17.8 Å². The van der Waals surface area contributed by atoms with Crippen LogP contribution in [0.2, 0.25) is 0 Å². The maximum absolute atomic E-state index is 14.1. The van der Waals surface area contributed by atoms with Gasteiger partial charge in [0, 0.05) is 6.20 Å². The van der Waals surface area contributed by atoms with E-state index in [9.17, 15) is 32.3 Å². The summed E-state index contributed by atoms with van der Waals surface area (Å²) in [5.74, 6) is 1.91. The Bertz CT molecular complexity index is 832. The van der Waals surface area contributed by atoms with Crippen molar-refractivity contribution in [1.29, 1.82) is 0 Å². The maximum atomic E-state index is 14.1. The van der Waals surface area contributed by atoms with Crippen LogP contribution in [-0.4, -0.2) is 63.4 Å². The summed E-state index contributed by atoms with van der Waals surface area (Å²) in [6.07, 6.45) is -10.7. The average molecular weight is 394 g/mol. The number of nitrogens with two attached hydrogens (primary N) is 1. The number of nitrogens with zero attached hydrogens (tertiary/aromatic N) is 2. The lowest BCUT2D eigenvalue weighted by Crippen LogP contribution is -2.36. The second-order valence-electron chi connectivity index (χ2n) is 5.39. The van der Waals surface area contributed by atoms with Crippen LogP contribution in [0.15, 0.2) is 11.0 Å². The molecule has 0 radical (unpaired) electrons. The SMILES string of the molecule is Nc1nc(=O)n([C@@H]2O[C@H](CO)[C@@H](O)[C@H]2F)cc1C#CCNC(=O)C(F)(F)F. The molecule has 5 N–H and O–H groups in total. The fourth-order valence-electron chi connectivity index (χ4n) is 2.20. The highest BCUT2D eigenvalue weighted by Gasteiger charge is 2.45. The molecule has 0 unspecified atom stereocenters. The Labute approximate surface area is 148 Å². The van der Waals surface area contributed by atoms with Crippen LogP contribution in [0.25, 0.3) is 0 Å². The summed E-state index contributed by atoms with van der Waals surface area (Å²) >= 11 is 0. The molecule has 1 saturated heterocycles. The second kappa shape index (κ2) is 7.91. The molecule has 1 aliphatic heterocycles. The lowest BCUT2D eigenvalue weighted by molar-refractivity contribution is -0.173. The summed E-state index contributed by atoms with van der Waals surface area (Å²) in [5.41, 5.74) is 4.33. The zero-order valence-corrected chi connectivity index (χ0v) is 13.4. The predicted molar refractivity (Wildman–Crippen MR) is 80.8 cm³/mol. The zero-order chi connectivity index (χ0) is 20.4. The number of anilines is 1. The van der Waals surface area contributed by atoms with Crippen molar-refractivity contribution in [2.24, 2.45) is 0 Å². The molecule has 0 bridgehead atoms. The van der Waals surface area contributed by atoms with Crippen molar-refractivity contribution in [2.75, 3.05) is 18.9 Å². The van der Waals surface area contributed by atoms with E-state index in [4.69, 9.17) is 15.6 Å². The number of halogens is 4. The minimum Gasteiger partial charge on any atom is -0.394 e. The van der Waals surface area contributed by atoms with Crippen molar-refractivity contribution in [1.82, 2.24) is 14.9 Å². The highest BCUT2D eigenvalue weighted by molar-refractivity contribution is 5.81. The number of amides is 1. The molecular formula is C14H14F4N4O5. The first-order valence-electron chi connectivity index (χ1n) is 7.37. The summed E-state index contributed by atoms with van der Waals surface area (Å²) in [4.78, 5) is 26.0. The Kier molecular flexibility index (Phi) is 6.04. The largest absolute Gasteiger partial charge is 0.471 e. The first-order valence-corrected chi connectivity index (χ1v) is 7.37. The van der Waals surface area contributed by atoms with Crippen molar-refractivity contribution in [2.45, 2.75) is 30.8 Å². The summed E-state index contributed by atoms with van der Waals surface area (Å²) in [7, 11) is 0. The number of nitrogens with one attached hydrogen (secondary N) is 1. The minimum atomic E-state index is -5.06. The van der Waals surface area contributed by atoms with Crippen LogP contribution in [0.3, 0.4) is 0 Å². The first-order chi connectivity index (χ1) is 12.6. The van der Waals surface area contributed by atoms with Gasteiger partial charge in [-0.15, -0.1) is 0 Å². The van der Waals surface area contributed by atoms with E-state index in [-0.39, 0.29) is 11.4 Å². The molecule has 0 saturated carbocycles. The van der Waals surface area contributed by atoms with Crippen LogP contribution >= 0.6 is 0 Å². The van der Waals surface area contributed by atoms with E-state index < -0.39 is 55.5 Å². The van der Waals surface area contributed by atoms with Gasteiger partial charge in [0.2, 0.25) is 0 Å². The Morgan fingerprint density at radius 1 is 1.48 bits per heavy atom. The van der Waals surface area contributed by atoms with Crippen molar-refractivity contribution >= 4 is 11.7 Å². The fourth-order valence-corrected chi connectivity index (χ4v) is 2.20. The molecule has 9 nitrogen and oxygen atoms in total. The number of aromatic nitrogens is 2. The molecule has 13 heteroatoms. The number of aliphatic hydroxyl groups is 2. The molecule has 27 heavy (non-hydrogen) atoms. The van der Waals surface area contributed by atoms with Crippen molar-refractivity contribution in [3.05, 3.63) is 22.2 Å². The van der Waals surface area contributed by atoms with E-state index in [2.05, 4.69) is 16.8 Å². The number of hydrogen-bond donors (Lipinski definition) is 4. The lowest BCUT2D eigenvalue weighted by Gasteiger charge is -2.16. The van der Waals surface area contributed by atoms with Crippen LogP contribution < -0.4 is 16.7 Å². The molecule has 0 aliphatic carbocycles. The maximum Gasteiger partial charge on any atom is 0.471 e. The van der Waals surface area contributed by atoms with Crippen LogP contribution in [0.5, 0.6) is 0 Å². The third kappa shape index (κ3) is 4.54. The third-order valence-electron chi connectivity index (χ3n) is 3.55. The highest BCUT2D eigenvalue weighted by Crippen LogP contribution is 2.30. The van der Waals surface area contributed by atoms with Crippen molar-refractivity contribution < 1.29 is 37.3 Å². The molecule has 0 aromatic carbocycles. The number of ether oxygens (including phenoxy) is 1. The topological polar surface area (TPSA) is 140 Å². The van der Waals surface area contributed by atoms with Crippen LogP contribution in [0, 0.1) is 11.8 Å². The standard InChI is InChI=1S/C14H14F4N4O5/c15-8-9(24)7(5-23)27-11(8)22-4-6(10(19)21-13(22)26)2-1-3-20-12(25)14(16,17)18/h4,7-9,11,23-24H,3,5H2,(H,20,25)(H2,19,21,26)/t7-,8-,9-,11-/m1/s1. The van der Waals surface area contributed by atoms with Gasteiger partial charge in [0.05, 0.1) is 18.7 Å². The molecular weight excluding hydrogens is 380 g/mol. The van der Waals surface area contributed by atoms with Crippen molar-refractivity contribution in [3.8, 4) is 11.8 Å². The molecule has 148 valence electrons. The Hall–Kier alpha value is -2.69. The van der Waals surface area contributed by atoms with Gasteiger partial charge in [0.25, 0.3) is 0 Å². The molecule has 4 atom stereocenters. The smallest absolute Gasteiger partial charge is 0.394 e. The normalized spacial score (nSPS) is 25.0. The molecule has 0 spiro atoms. The van der Waals surface area contributed by atoms with E-state index in [1.807, 2.05) is 0 Å². The average Bonchev–Trinajstić information content (AvgIpc) is 2.87. The zero-order valence-electron chi connectivity index (χ0n) is 13.4. The molecule has 2 rings (SSSR count). The van der Waals surface area contributed by atoms with Gasteiger partial charge in [-0.3, -0.25) is 9.36 Å². The van der Waals surface area contributed by atoms with E-state index in [0.717, 1.165) is 6.20 Å². The number of carbonyl (C=O) groups excluding carboxylic acids is 1. The monoisotopic (exact) mass is 394 g/mol. The van der Waals surface area contributed by atoms with Gasteiger partial charge < -0.3 is 26.0 Å². The summed E-state index contributed by atoms with van der Waals surface area (Å²) in [5, 5.41) is 20.1. The minimum absolute atomic E-state index is 0.145. The molecule has 1 aromatic heterocycles. The van der Waals surface area contributed by atoms with Gasteiger partial charge in [0.15, 0.2) is 12.4 Å². The summed E-state index contributed by atoms with van der Waals surface area (Å²) < 4.78 is 56.0. The second-order valence-corrected chi connectivity index (χ2v) is 5.39. The number of rotatable bonds is 3. The van der Waals surface area contributed by atoms with E-state index in [0.29, 0.717) is 4.57 Å². The molecule has 1 aliphatic rings. The fraction of sp³-hybridized carbons (Fsp3) is 0.500. The molecule has 2 heterocycles. The highest BCUT2D eigenvalue weighted by atomic mass is 19.4. The predicted octanol–water partition coefficient (Wildman–Crippen LogP) is -1.56. The Balaban J connectivity index is 2.21. The number of carbonyl (C=O) groups is 1. The quantitative estimate of drug-likeness (QED) is 0.359. The van der Waals surface area contributed by atoms with Crippen molar-refractivity contribution in [3.63, 3.8) is 0 Å². The van der Waals surface area contributed by atoms with Crippen LogP contribution in [-0.2, 0) is 9.53 Å². The molecule has 1 amide bonds. The summed E-state index contributed by atoms with van der Waals surface area (Å²) in [6, 6.07) is 0. The van der Waals surface area contributed by atoms with E-state index in [1.165, 1.54) is 5.32 Å². The first kappa shape index (κ1) is 20.6. The lowest BCUT2D eigenvalue weighted by atomic mass is 10.1. The van der Waals surface area contributed by atoms with Crippen LogP contribution in [0.1, 0.15) is 11.8 Å². The Morgan fingerprint density at radius 3 is 2.70 bits per heavy atom. The van der Waals surface area contributed by atoms with Crippen LogP contribution in [0.4, 0.5) is 23.4 Å². The molecule has 1 fully saturated rings. The van der Waals surface area contributed by atoms with Gasteiger partial charge in [-0.1, -0.05) is 11.8 Å². The Morgan fingerprint density at radius 2 is 2.15 bits per heavy atom. The number of hydrogen-bond acceptors (Lipinski definition) is 7. The molecule has 1 aromatic rings. The van der Waals surface area contributed by atoms with E-state index >= 15 is 0 Å². The summed E-state index contributed by atoms with van der Waals surface area (Å²) in [6.45, 7) is -1.37. The van der Waals surface area contributed by atoms with Gasteiger partial charge in [0.1, 0.15) is 18.0 Å². The third-order valence-corrected chi connectivity index (χ3v) is 3.55. The number of aliphatic hydroxyl groups excluding tert-OH is 2. The van der Waals surface area contributed by atoms with Gasteiger partial charge in [-0.05, 0) is 0 Å².